The summed E-state index contributed by atoms with van der Waals surface area (Å²) >= 11 is 0. The van der Waals surface area contributed by atoms with Gasteiger partial charge in [-0.15, -0.1) is 0 Å². The molecule has 1 rings (SSSR count). The highest BCUT2D eigenvalue weighted by Gasteiger charge is 2.28. The van der Waals surface area contributed by atoms with Gasteiger partial charge in [0.25, 0.3) is 0 Å². The second-order valence-electron chi connectivity index (χ2n) is 3.21. The van der Waals surface area contributed by atoms with Crippen LogP contribution in [0.4, 0.5) is 0 Å². The van der Waals surface area contributed by atoms with Crippen LogP contribution in [0.2, 0.25) is 0 Å². The molecule has 0 fully saturated rings. The number of nitrogens with zero attached hydrogens (tertiary/aromatic N) is 2. The van der Waals surface area contributed by atoms with Crippen LogP contribution in [0.5, 0.6) is 0 Å². The molecule has 1 aromatic rings. The summed E-state index contributed by atoms with van der Waals surface area (Å²) < 4.78 is 6.16. The Balaban J connectivity index is 2.92. The predicted molar refractivity (Wildman–Crippen MR) is 53.3 cm³/mol. The average molecular weight is 210 g/mol. The third-order valence-corrected chi connectivity index (χ3v) is 2.25. The van der Waals surface area contributed by atoms with E-state index < -0.39 is 11.9 Å². The SMILES string of the molecule is CCC(C(=O)OC)C(=O)c1nccn1C. The van der Waals surface area contributed by atoms with Gasteiger partial charge in [0.15, 0.2) is 5.82 Å². The molecule has 1 aromatic heterocycles. The fourth-order valence-electron chi connectivity index (χ4n) is 1.36. The van der Waals surface area contributed by atoms with E-state index in [1.807, 2.05) is 0 Å². The number of carbonyl (C=O) groups is 2. The van der Waals surface area contributed by atoms with Crippen molar-refractivity contribution < 1.29 is 14.3 Å². The van der Waals surface area contributed by atoms with Gasteiger partial charge in [0.1, 0.15) is 5.92 Å². The molecule has 5 heteroatoms. The summed E-state index contributed by atoms with van der Waals surface area (Å²) in [6, 6.07) is 0. The molecule has 1 unspecified atom stereocenters. The molecule has 0 aliphatic heterocycles. The van der Waals surface area contributed by atoms with Gasteiger partial charge >= 0.3 is 5.97 Å². The lowest BCUT2D eigenvalue weighted by Gasteiger charge is -2.10. The normalized spacial score (nSPS) is 12.2. The first-order valence-corrected chi connectivity index (χ1v) is 4.71. The minimum Gasteiger partial charge on any atom is -0.468 e. The molecule has 1 heterocycles. The highest BCUT2D eigenvalue weighted by atomic mass is 16.5. The number of methoxy groups -OCH3 is 1. The van der Waals surface area contributed by atoms with Crippen molar-refractivity contribution in [3.05, 3.63) is 18.2 Å². The van der Waals surface area contributed by atoms with Gasteiger partial charge in [-0.05, 0) is 6.42 Å². The largest absolute Gasteiger partial charge is 0.468 e. The number of Topliss-reactive ketones (excluding diaryl/α,β-unsaturated/α-hetero) is 1. The molecule has 0 spiro atoms. The summed E-state index contributed by atoms with van der Waals surface area (Å²) in [4.78, 5) is 27.1. The number of ketones is 1. The number of esters is 1. The van der Waals surface area contributed by atoms with Crippen LogP contribution in [0, 0.1) is 5.92 Å². The van der Waals surface area contributed by atoms with Crippen LogP contribution in [0.1, 0.15) is 24.0 Å². The predicted octanol–water partition coefficient (Wildman–Crippen LogP) is 0.802. The summed E-state index contributed by atoms with van der Waals surface area (Å²) in [6.07, 6.45) is 3.60. The van der Waals surface area contributed by atoms with Crippen molar-refractivity contribution in [2.45, 2.75) is 13.3 Å². The minimum absolute atomic E-state index is 0.284. The van der Waals surface area contributed by atoms with Gasteiger partial charge in [-0.2, -0.15) is 0 Å². The van der Waals surface area contributed by atoms with E-state index in [9.17, 15) is 9.59 Å². The fourth-order valence-corrected chi connectivity index (χ4v) is 1.36. The van der Waals surface area contributed by atoms with Crippen LogP contribution in [0.3, 0.4) is 0 Å². The third-order valence-electron chi connectivity index (χ3n) is 2.25. The van der Waals surface area contributed by atoms with Crippen molar-refractivity contribution in [1.29, 1.82) is 0 Å². The van der Waals surface area contributed by atoms with E-state index in [2.05, 4.69) is 9.72 Å². The lowest BCUT2D eigenvalue weighted by molar-refractivity contribution is -0.143. The molecule has 5 nitrogen and oxygen atoms in total. The Hall–Kier alpha value is -1.65. The van der Waals surface area contributed by atoms with Crippen molar-refractivity contribution in [2.24, 2.45) is 13.0 Å². The van der Waals surface area contributed by atoms with E-state index in [0.29, 0.717) is 6.42 Å². The lowest BCUT2D eigenvalue weighted by atomic mass is 10.0. The summed E-state index contributed by atoms with van der Waals surface area (Å²) in [7, 11) is 2.99. The Morgan fingerprint density at radius 1 is 1.60 bits per heavy atom. The zero-order valence-corrected chi connectivity index (χ0v) is 9.06. The maximum atomic E-state index is 11.9. The third kappa shape index (κ3) is 2.23. The van der Waals surface area contributed by atoms with Crippen molar-refractivity contribution >= 4 is 11.8 Å². The van der Waals surface area contributed by atoms with Gasteiger partial charge in [-0.25, -0.2) is 4.98 Å². The number of aryl methyl sites for hydroxylation is 1. The molecule has 0 aliphatic carbocycles. The quantitative estimate of drug-likeness (QED) is 0.419. The maximum absolute atomic E-state index is 11.9. The highest BCUT2D eigenvalue weighted by molar-refractivity contribution is 6.06. The molecule has 82 valence electrons. The average Bonchev–Trinajstić information content (AvgIpc) is 2.65. The van der Waals surface area contributed by atoms with Crippen LogP contribution in [-0.2, 0) is 16.6 Å². The second-order valence-corrected chi connectivity index (χ2v) is 3.21. The Bertz CT molecular complexity index is 370. The number of ether oxygens (including phenoxy) is 1. The number of rotatable bonds is 4. The lowest BCUT2D eigenvalue weighted by Crippen LogP contribution is -2.26. The summed E-state index contributed by atoms with van der Waals surface area (Å²) in [5.41, 5.74) is 0. The monoisotopic (exact) mass is 210 g/mol. The molecular weight excluding hydrogens is 196 g/mol. The first kappa shape index (κ1) is 11.4. The van der Waals surface area contributed by atoms with E-state index in [0.717, 1.165) is 0 Å². The second kappa shape index (κ2) is 4.72. The topological polar surface area (TPSA) is 61.2 Å². The molecule has 0 bridgehead atoms. The Labute approximate surface area is 88.1 Å². The van der Waals surface area contributed by atoms with Crippen LogP contribution in [0.25, 0.3) is 0 Å². The summed E-state index contributed by atoms with van der Waals surface area (Å²) in [5, 5.41) is 0. The van der Waals surface area contributed by atoms with Gasteiger partial charge in [-0.3, -0.25) is 9.59 Å². The van der Waals surface area contributed by atoms with Crippen molar-refractivity contribution in [3.63, 3.8) is 0 Å². The zero-order chi connectivity index (χ0) is 11.4. The Kier molecular flexibility index (Phi) is 3.60. The van der Waals surface area contributed by atoms with E-state index in [1.54, 1.807) is 24.7 Å². The smallest absolute Gasteiger partial charge is 0.316 e. The molecule has 0 aromatic carbocycles. The Morgan fingerprint density at radius 2 is 2.27 bits per heavy atom. The molecule has 0 amide bonds. The van der Waals surface area contributed by atoms with Crippen molar-refractivity contribution in [2.75, 3.05) is 7.11 Å². The number of hydrogen-bond donors (Lipinski definition) is 0. The summed E-state index contributed by atoms with van der Waals surface area (Å²) in [5.74, 6) is -1.27. The van der Waals surface area contributed by atoms with Crippen LogP contribution in [-0.4, -0.2) is 28.4 Å². The van der Waals surface area contributed by atoms with Crippen LogP contribution in [0.15, 0.2) is 12.4 Å². The molecule has 0 saturated carbocycles. The molecule has 1 atom stereocenters. The maximum Gasteiger partial charge on any atom is 0.316 e. The molecule has 0 N–H and O–H groups in total. The molecule has 0 saturated heterocycles. The van der Waals surface area contributed by atoms with E-state index in [4.69, 9.17) is 0 Å². The van der Waals surface area contributed by atoms with E-state index in [-0.39, 0.29) is 11.6 Å². The first-order valence-electron chi connectivity index (χ1n) is 4.71. The molecule has 0 radical (unpaired) electrons. The Morgan fingerprint density at radius 3 is 2.67 bits per heavy atom. The van der Waals surface area contributed by atoms with Gasteiger partial charge in [0.2, 0.25) is 5.78 Å². The number of aromatic nitrogens is 2. The molecule has 0 aliphatic rings. The summed E-state index contributed by atoms with van der Waals surface area (Å²) in [6.45, 7) is 1.77. The van der Waals surface area contributed by atoms with Crippen LogP contribution >= 0.6 is 0 Å². The van der Waals surface area contributed by atoms with Gasteiger partial charge in [0.05, 0.1) is 7.11 Å². The van der Waals surface area contributed by atoms with Gasteiger partial charge < -0.3 is 9.30 Å². The number of carbonyl (C=O) groups excluding carboxylic acids is 2. The standard InChI is InChI=1S/C10H14N2O3/c1-4-7(10(14)15-3)8(13)9-11-5-6-12(9)2/h5-7H,4H2,1-3H3. The molecule has 15 heavy (non-hydrogen) atoms. The van der Waals surface area contributed by atoms with Gasteiger partial charge in [0, 0.05) is 19.4 Å². The number of imidazole rings is 1. The highest BCUT2D eigenvalue weighted by Crippen LogP contribution is 2.12. The zero-order valence-electron chi connectivity index (χ0n) is 9.06. The first-order chi connectivity index (χ1) is 7.11. The van der Waals surface area contributed by atoms with Gasteiger partial charge in [-0.1, -0.05) is 6.92 Å². The number of hydrogen-bond acceptors (Lipinski definition) is 4. The van der Waals surface area contributed by atoms with E-state index >= 15 is 0 Å². The molecular formula is C10H14N2O3. The fraction of sp³-hybridized carbons (Fsp3) is 0.500. The minimum atomic E-state index is -0.754. The van der Waals surface area contributed by atoms with Crippen molar-refractivity contribution in [3.8, 4) is 0 Å². The van der Waals surface area contributed by atoms with E-state index in [1.165, 1.54) is 13.3 Å². The van der Waals surface area contributed by atoms with Crippen molar-refractivity contribution in [1.82, 2.24) is 9.55 Å². The van der Waals surface area contributed by atoms with Crippen LogP contribution < -0.4 is 0 Å².